The van der Waals surface area contributed by atoms with Gasteiger partial charge in [0, 0.05) is 35.2 Å². The van der Waals surface area contributed by atoms with Crippen molar-refractivity contribution in [1.29, 1.82) is 0 Å². The van der Waals surface area contributed by atoms with Crippen molar-refractivity contribution in [2.45, 2.75) is 12.6 Å². The van der Waals surface area contributed by atoms with Crippen molar-refractivity contribution in [3.8, 4) is 16.9 Å². The summed E-state index contributed by atoms with van der Waals surface area (Å²) in [6.07, 6.45) is 1.99. The van der Waals surface area contributed by atoms with Crippen LogP contribution in [0, 0.1) is 0 Å². The van der Waals surface area contributed by atoms with Crippen LogP contribution in [-0.4, -0.2) is 23.4 Å². The molecular formula is C33H27N3O3. The molecule has 1 aliphatic rings. The van der Waals surface area contributed by atoms with E-state index in [1.807, 2.05) is 85.1 Å². The van der Waals surface area contributed by atoms with Crippen LogP contribution in [-0.2, 0) is 6.54 Å². The first-order valence-corrected chi connectivity index (χ1v) is 12.8. The zero-order chi connectivity index (χ0) is 26.8. The number of rotatable bonds is 6. The van der Waals surface area contributed by atoms with Crippen LogP contribution in [0.2, 0.25) is 0 Å². The molecule has 0 fully saturated rings. The number of nitrogens with zero attached hydrogens (tertiary/aromatic N) is 1. The van der Waals surface area contributed by atoms with Crippen molar-refractivity contribution in [3.63, 3.8) is 0 Å². The molecule has 39 heavy (non-hydrogen) atoms. The normalized spacial score (nSPS) is 13.8. The van der Waals surface area contributed by atoms with Gasteiger partial charge in [-0.3, -0.25) is 9.59 Å². The van der Waals surface area contributed by atoms with E-state index in [0.29, 0.717) is 29.1 Å². The predicted octanol–water partition coefficient (Wildman–Crippen LogP) is 6.81. The van der Waals surface area contributed by atoms with E-state index in [0.717, 1.165) is 28.1 Å². The van der Waals surface area contributed by atoms with Crippen molar-refractivity contribution in [2.75, 3.05) is 17.7 Å². The van der Waals surface area contributed by atoms with Gasteiger partial charge in [-0.05, 0) is 59.2 Å². The third-order valence-corrected chi connectivity index (χ3v) is 7.07. The molecule has 0 aliphatic carbocycles. The van der Waals surface area contributed by atoms with Crippen molar-refractivity contribution in [3.05, 3.63) is 138 Å². The minimum absolute atomic E-state index is 0.0859. The fraction of sp³-hybridized carbons (Fsp3) is 0.0909. The van der Waals surface area contributed by atoms with E-state index in [9.17, 15) is 9.59 Å². The Labute approximate surface area is 226 Å². The molecule has 2 N–H and O–H groups in total. The molecule has 2 heterocycles. The zero-order valence-electron chi connectivity index (χ0n) is 21.4. The first-order valence-electron chi connectivity index (χ1n) is 12.8. The second-order valence-corrected chi connectivity index (χ2v) is 9.44. The fourth-order valence-electron chi connectivity index (χ4n) is 5.10. The molecule has 0 spiro atoms. The lowest BCUT2D eigenvalue weighted by Gasteiger charge is -2.19. The number of methoxy groups -OCH3 is 1. The van der Waals surface area contributed by atoms with E-state index < -0.39 is 6.04 Å². The number of anilines is 2. The van der Waals surface area contributed by atoms with Gasteiger partial charge in [-0.15, -0.1) is 0 Å². The lowest BCUT2D eigenvalue weighted by molar-refractivity contribution is 0.0966. The summed E-state index contributed by atoms with van der Waals surface area (Å²) in [4.78, 5) is 27.2. The second-order valence-electron chi connectivity index (χ2n) is 9.44. The Morgan fingerprint density at radius 2 is 1.64 bits per heavy atom. The van der Waals surface area contributed by atoms with Gasteiger partial charge in [0.2, 0.25) is 0 Å². The first-order chi connectivity index (χ1) is 19.1. The largest absolute Gasteiger partial charge is 0.495 e. The van der Waals surface area contributed by atoms with Gasteiger partial charge in [0.05, 0.1) is 12.8 Å². The third-order valence-electron chi connectivity index (χ3n) is 7.07. The minimum atomic E-state index is -0.563. The monoisotopic (exact) mass is 513 g/mol. The van der Waals surface area contributed by atoms with Crippen LogP contribution in [0.4, 0.5) is 11.4 Å². The van der Waals surface area contributed by atoms with E-state index in [-0.39, 0.29) is 11.7 Å². The number of amides is 1. The van der Waals surface area contributed by atoms with Gasteiger partial charge < -0.3 is 19.9 Å². The van der Waals surface area contributed by atoms with E-state index in [4.69, 9.17) is 4.74 Å². The SMILES string of the molecule is COc1cc(C(=O)C2Nc3ccccc3Cn3cccc32)ccc1NC(=O)c1ccccc1-c1ccccc1. The van der Waals surface area contributed by atoms with E-state index in [2.05, 4.69) is 21.3 Å². The molecular weight excluding hydrogens is 486 g/mol. The molecule has 1 unspecified atom stereocenters. The van der Waals surface area contributed by atoms with Crippen molar-refractivity contribution in [2.24, 2.45) is 0 Å². The molecule has 6 nitrogen and oxygen atoms in total. The smallest absolute Gasteiger partial charge is 0.256 e. The number of fused-ring (bicyclic) bond motifs is 2. The minimum Gasteiger partial charge on any atom is -0.495 e. The Balaban J connectivity index is 1.29. The average Bonchev–Trinajstić information content (AvgIpc) is 3.38. The van der Waals surface area contributed by atoms with Crippen molar-refractivity contribution < 1.29 is 14.3 Å². The molecule has 5 aromatic rings. The number of nitrogens with one attached hydrogen (secondary N) is 2. The first kappa shape index (κ1) is 24.2. The maximum atomic E-state index is 13.8. The van der Waals surface area contributed by atoms with Crippen molar-refractivity contribution in [1.82, 2.24) is 4.57 Å². The van der Waals surface area contributed by atoms with Crippen LogP contribution >= 0.6 is 0 Å². The van der Waals surface area contributed by atoms with E-state index in [1.165, 1.54) is 7.11 Å². The standard InChI is InChI=1S/C33H27N3O3/c1-39-30-20-23(32(37)31-29-16-9-19-36(29)21-24-12-5-8-15-27(24)34-31)17-18-28(30)35-33(38)26-14-7-6-13-25(26)22-10-3-2-4-11-22/h2-20,31,34H,21H2,1H3,(H,35,38). The molecule has 192 valence electrons. The molecule has 0 saturated heterocycles. The van der Waals surface area contributed by atoms with Gasteiger partial charge in [0.15, 0.2) is 5.78 Å². The number of hydrogen-bond donors (Lipinski definition) is 2. The summed E-state index contributed by atoms with van der Waals surface area (Å²) in [7, 11) is 1.53. The summed E-state index contributed by atoms with van der Waals surface area (Å²) < 4.78 is 7.71. The molecule has 6 rings (SSSR count). The number of benzene rings is 4. The summed E-state index contributed by atoms with van der Waals surface area (Å²) in [6, 6.07) is 33.8. The third kappa shape index (κ3) is 4.68. The van der Waals surface area contributed by atoms with E-state index in [1.54, 1.807) is 24.3 Å². The fourth-order valence-corrected chi connectivity index (χ4v) is 5.10. The molecule has 1 atom stereocenters. The molecule has 0 bridgehead atoms. The maximum absolute atomic E-state index is 13.8. The maximum Gasteiger partial charge on any atom is 0.256 e. The van der Waals surface area contributed by atoms with Gasteiger partial charge in [0.25, 0.3) is 5.91 Å². The van der Waals surface area contributed by atoms with Crippen LogP contribution in [0.1, 0.15) is 38.0 Å². The van der Waals surface area contributed by atoms with Gasteiger partial charge in [-0.1, -0.05) is 66.7 Å². The Kier molecular flexibility index (Phi) is 6.43. The van der Waals surface area contributed by atoms with Gasteiger partial charge in [-0.25, -0.2) is 0 Å². The summed E-state index contributed by atoms with van der Waals surface area (Å²) in [6.45, 7) is 0.689. The number of para-hydroxylation sites is 1. The highest BCUT2D eigenvalue weighted by atomic mass is 16.5. The summed E-state index contributed by atoms with van der Waals surface area (Å²) >= 11 is 0. The molecule has 1 aliphatic heterocycles. The van der Waals surface area contributed by atoms with Crippen LogP contribution in [0.3, 0.4) is 0 Å². The number of carbonyl (C=O) groups is 2. The number of carbonyl (C=O) groups excluding carboxylic acids is 2. The Morgan fingerprint density at radius 3 is 2.49 bits per heavy atom. The number of ether oxygens (including phenoxy) is 1. The van der Waals surface area contributed by atoms with Crippen LogP contribution in [0.15, 0.2) is 115 Å². The highest BCUT2D eigenvalue weighted by molar-refractivity contribution is 6.10. The Hall–Kier alpha value is -5.10. The zero-order valence-corrected chi connectivity index (χ0v) is 21.4. The van der Waals surface area contributed by atoms with Gasteiger partial charge in [0.1, 0.15) is 11.8 Å². The Bertz CT molecular complexity index is 1670. The number of hydrogen-bond acceptors (Lipinski definition) is 4. The highest BCUT2D eigenvalue weighted by Crippen LogP contribution is 2.34. The van der Waals surface area contributed by atoms with Crippen LogP contribution in [0.25, 0.3) is 11.1 Å². The molecule has 1 aromatic heterocycles. The molecule has 1 amide bonds. The lowest BCUT2D eigenvalue weighted by Crippen LogP contribution is -2.22. The Morgan fingerprint density at radius 1 is 0.872 bits per heavy atom. The number of aromatic nitrogens is 1. The van der Waals surface area contributed by atoms with Gasteiger partial charge in [-0.2, -0.15) is 0 Å². The van der Waals surface area contributed by atoms with Gasteiger partial charge >= 0.3 is 0 Å². The molecule has 0 saturated carbocycles. The van der Waals surface area contributed by atoms with Crippen molar-refractivity contribution >= 4 is 23.1 Å². The molecule has 4 aromatic carbocycles. The second kappa shape index (κ2) is 10.3. The highest BCUT2D eigenvalue weighted by Gasteiger charge is 2.28. The molecule has 0 radical (unpaired) electrons. The molecule has 6 heteroatoms. The predicted molar refractivity (Wildman–Crippen MR) is 153 cm³/mol. The van der Waals surface area contributed by atoms with Crippen LogP contribution in [0.5, 0.6) is 5.75 Å². The lowest BCUT2D eigenvalue weighted by atomic mass is 9.98. The topological polar surface area (TPSA) is 72.4 Å². The summed E-state index contributed by atoms with van der Waals surface area (Å²) in [5.74, 6) is 0.0692. The summed E-state index contributed by atoms with van der Waals surface area (Å²) in [5, 5.41) is 6.42. The summed E-state index contributed by atoms with van der Waals surface area (Å²) in [5.41, 5.74) is 6.27. The number of ketones is 1. The average molecular weight is 514 g/mol. The number of Topliss-reactive ketones (excluding diaryl/α,β-unsaturated/α-hetero) is 1. The quantitative estimate of drug-likeness (QED) is 0.245. The van der Waals surface area contributed by atoms with Crippen LogP contribution < -0.4 is 15.4 Å². The van der Waals surface area contributed by atoms with E-state index >= 15 is 0 Å².